The molecule has 0 aliphatic rings. The number of hydrogen-bond donors (Lipinski definition) is 1. The summed E-state index contributed by atoms with van der Waals surface area (Å²) in [6, 6.07) is 5.29. The summed E-state index contributed by atoms with van der Waals surface area (Å²) in [6.07, 6.45) is -1.83. The van der Waals surface area contributed by atoms with Crippen LogP contribution in [-0.4, -0.2) is 15.1 Å². The molecule has 1 atom stereocenters. The van der Waals surface area contributed by atoms with E-state index in [2.05, 4.69) is 9.97 Å². The summed E-state index contributed by atoms with van der Waals surface area (Å²) >= 11 is 0. The summed E-state index contributed by atoms with van der Waals surface area (Å²) in [5, 5.41) is 9.90. The average Bonchev–Trinajstić information content (AvgIpc) is 2.38. The number of halogens is 3. The Morgan fingerprint density at radius 2 is 1.89 bits per heavy atom. The molecule has 2 heterocycles. The number of hydrogen-bond acceptors (Lipinski definition) is 3. The van der Waals surface area contributed by atoms with E-state index in [0.717, 1.165) is 12.1 Å². The molecule has 3 nitrogen and oxygen atoms in total. The fourth-order valence-corrected chi connectivity index (χ4v) is 1.44. The predicted molar refractivity (Wildman–Crippen MR) is 57.5 cm³/mol. The second kappa shape index (κ2) is 4.73. The van der Waals surface area contributed by atoms with Gasteiger partial charge in [-0.3, -0.25) is 9.97 Å². The monoisotopic (exact) mass is 254 g/mol. The molecule has 0 saturated carbocycles. The first kappa shape index (κ1) is 12.5. The third-order valence-electron chi connectivity index (χ3n) is 2.39. The van der Waals surface area contributed by atoms with Gasteiger partial charge in [-0.05, 0) is 18.2 Å². The highest BCUT2D eigenvalue weighted by Gasteiger charge is 2.30. The van der Waals surface area contributed by atoms with Gasteiger partial charge in [-0.1, -0.05) is 6.07 Å². The van der Waals surface area contributed by atoms with Crippen LogP contribution < -0.4 is 0 Å². The summed E-state index contributed by atoms with van der Waals surface area (Å²) in [4.78, 5) is 7.44. The third kappa shape index (κ3) is 2.65. The minimum atomic E-state index is -4.43. The van der Waals surface area contributed by atoms with E-state index in [4.69, 9.17) is 0 Å². The Hall–Kier alpha value is -1.95. The second-order valence-corrected chi connectivity index (χ2v) is 3.66. The van der Waals surface area contributed by atoms with Crippen molar-refractivity contribution < 1.29 is 18.3 Å². The molecule has 0 aromatic carbocycles. The molecule has 1 N–H and O–H groups in total. The van der Waals surface area contributed by atoms with Gasteiger partial charge >= 0.3 is 6.18 Å². The zero-order valence-electron chi connectivity index (χ0n) is 9.09. The summed E-state index contributed by atoms with van der Waals surface area (Å²) < 4.78 is 37.0. The number of aliphatic hydroxyl groups is 1. The Kier molecular flexibility index (Phi) is 3.29. The predicted octanol–water partition coefficient (Wildman–Crippen LogP) is 2.58. The zero-order chi connectivity index (χ0) is 13.2. The highest BCUT2D eigenvalue weighted by Crippen LogP contribution is 2.29. The Morgan fingerprint density at radius 3 is 2.39 bits per heavy atom. The smallest absolute Gasteiger partial charge is 0.382 e. The Labute approximate surface area is 101 Å². The molecule has 0 amide bonds. The molecule has 2 aromatic rings. The van der Waals surface area contributed by atoms with Crippen LogP contribution in [-0.2, 0) is 6.18 Å². The van der Waals surface area contributed by atoms with E-state index in [1.165, 1.54) is 12.4 Å². The van der Waals surface area contributed by atoms with E-state index in [-0.39, 0.29) is 5.69 Å². The van der Waals surface area contributed by atoms with Gasteiger partial charge < -0.3 is 5.11 Å². The number of nitrogens with zero attached hydrogens (tertiary/aromatic N) is 2. The van der Waals surface area contributed by atoms with Crippen LogP contribution in [0.5, 0.6) is 0 Å². The van der Waals surface area contributed by atoms with E-state index < -0.39 is 17.8 Å². The fraction of sp³-hybridized carbons (Fsp3) is 0.167. The topological polar surface area (TPSA) is 46.0 Å². The highest BCUT2D eigenvalue weighted by atomic mass is 19.4. The molecule has 0 aliphatic carbocycles. The molecule has 1 unspecified atom stereocenters. The highest BCUT2D eigenvalue weighted by molar-refractivity contribution is 5.25. The van der Waals surface area contributed by atoms with Crippen molar-refractivity contribution in [2.45, 2.75) is 12.3 Å². The molecule has 18 heavy (non-hydrogen) atoms. The van der Waals surface area contributed by atoms with Gasteiger partial charge in [0.15, 0.2) is 0 Å². The van der Waals surface area contributed by atoms with Gasteiger partial charge in [-0.15, -0.1) is 0 Å². The van der Waals surface area contributed by atoms with E-state index in [1.54, 1.807) is 12.1 Å². The van der Waals surface area contributed by atoms with Crippen LogP contribution in [0.2, 0.25) is 0 Å². The van der Waals surface area contributed by atoms with Crippen molar-refractivity contribution in [3.8, 4) is 0 Å². The lowest BCUT2D eigenvalue weighted by molar-refractivity contribution is -0.137. The zero-order valence-corrected chi connectivity index (χ0v) is 9.09. The van der Waals surface area contributed by atoms with Gasteiger partial charge in [0.1, 0.15) is 6.10 Å². The Balaban J connectivity index is 2.25. The fourth-order valence-electron chi connectivity index (χ4n) is 1.44. The molecule has 2 rings (SSSR count). The second-order valence-electron chi connectivity index (χ2n) is 3.66. The summed E-state index contributed by atoms with van der Waals surface area (Å²) in [5.74, 6) is 0. The largest absolute Gasteiger partial charge is 0.417 e. The van der Waals surface area contributed by atoms with Crippen LogP contribution in [0.25, 0.3) is 0 Å². The normalized spacial score (nSPS) is 13.3. The molecule has 2 aromatic heterocycles. The number of pyridine rings is 2. The minimum Gasteiger partial charge on any atom is -0.382 e. The molecule has 0 bridgehead atoms. The Bertz CT molecular complexity index is 511. The lowest BCUT2D eigenvalue weighted by atomic mass is 10.1. The molecule has 94 valence electrons. The van der Waals surface area contributed by atoms with Crippen molar-refractivity contribution in [3.63, 3.8) is 0 Å². The number of alkyl halides is 3. The van der Waals surface area contributed by atoms with E-state index in [0.29, 0.717) is 11.8 Å². The first-order chi connectivity index (χ1) is 8.48. The molecule has 0 fully saturated rings. The number of aromatic nitrogens is 2. The summed E-state index contributed by atoms with van der Waals surface area (Å²) in [5.41, 5.74) is -0.217. The van der Waals surface area contributed by atoms with E-state index >= 15 is 0 Å². The maximum Gasteiger partial charge on any atom is 0.417 e. The maximum atomic E-state index is 12.3. The minimum absolute atomic E-state index is 0.149. The van der Waals surface area contributed by atoms with Crippen LogP contribution in [0, 0.1) is 0 Å². The van der Waals surface area contributed by atoms with Gasteiger partial charge in [0.05, 0.1) is 11.3 Å². The lowest BCUT2D eigenvalue weighted by Gasteiger charge is -2.11. The van der Waals surface area contributed by atoms with Crippen molar-refractivity contribution >= 4 is 0 Å². The van der Waals surface area contributed by atoms with Crippen LogP contribution >= 0.6 is 0 Å². The lowest BCUT2D eigenvalue weighted by Crippen LogP contribution is -2.08. The molecule has 0 radical (unpaired) electrons. The maximum absolute atomic E-state index is 12.3. The average molecular weight is 254 g/mol. The summed E-state index contributed by atoms with van der Waals surface area (Å²) in [7, 11) is 0. The first-order valence-corrected chi connectivity index (χ1v) is 5.09. The molecule has 6 heteroatoms. The van der Waals surface area contributed by atoms with Gasteiger partial charge in [0.25, 0.3) is 0 Å². The van der Waals surface area contributed by atoms with Crippen molar-refractivity contribution in [1.29, 1.82) is 0 Å². The van der Waals surface area contributed by atoms with Crippen molar-refractivity contribution in [1.82, 2.24) is 9.97 Å². The van der Waals surface area contributed by atoms with Crippen LogP contribution in [0.3, 0.4) is 0 Å². The molecule has 0 spiro atoms. The molecular weight excluding hydrogens is 245 g/mol. The first-order valence-electron chi connectivity index (χ1n) is 5.09. The summed E-state index contributed by atoms with van der Waals surface area (Å²) in [6.45, 7) is 0. The van der Waals surface area contributed by atoms with Gasteiger partial charge in [-0.2, -0.15) is 13.2 Å². The van der Waals surface area contributed by atoms with Crippen molar-refractivity contribution in [2.24, 2.45) is 0 Å². The van der Waals surface area contributed by atoms with Crippen molar-refractivity contribution in [3.05, 3.63) is 59.7 Å². The number of aliphatic hydroxyl groups excluding tert-OH is 1. The Morgan fingerprint density at radius 1 is 1.11 bits per heavy atom. The quantitative estimate of drug-likeness (QED) is 0.895. The van der Waals surface area contributed by atoms with Crippen LogP contribution in [0.15, 0.2) is 42.9 Å². The standard InChI is InChI=1S/C12H9F3N2O/c13-12(14,15)9-3-4-10(17-7-9)11(18)8-2-1-5-16-6-8/h1-7,11,18H. The van der Waals surface area contributed by atoms with Crippen LogP contribution in [0.4, 0.5) is 13.2 Å². The van der Waals surface area contributed by atoms with Crippen molar-refractivity contribution in [2.75, 3.05) is 0 Å². The molecule has 0 aliphatic heterocycles. The van der Waals surface area contributed by atoms with Gasteiger partial charge in [0.2, 0.25) is 0 Å². The van der Waals surface area contributed by atoms with E-state index in [1.807, 2.05) is 0 Å². The SMILES string of the molecule is OC(c1cccnc1)c1ccc(C(F)(F)F)cn1. The van der Waals surface area contributed by atoms with Gasteiger partial charge in [-0.25, -0.2) is 0 Å². The molecular formula is C12H9F3N2O. The number of rotatable bonds is 2. The third-order valence-corrected chi connectivity index (χ3v) is 2.39. The van der Waals surface area contributed by atoms with Crippen LogP contribution in [0.1, 0.15) is 22.9 Å². The molecule has 0 saturated heterocycles. The van der Waals surface area contributed by atoms with Gasteiger partial charge in [0, 0.05) is 24.2 Å². The van der Waals surface area contributed by atoms with E-state index in [9.17, 15) is 18.3 Å².